The van der Waals surface area contributed by atoms with Crippen molar-refractivity contribution in [2.75, 3.05) is 18.5 Å². The molecule has 0 bridgehead atoms. The van der Waals surface area contributed by atoms with Crippen molar-refractivity contribution in [1.29, 1.82) is 0 Å². The van der Waals surface area contributed by atoms with Crippen LogP contribution in [0.5, 0.6) is 5.75 Å². The smallest absolute Gasteiger partial charge is 0.422 e. The highest BCUT2D eigenvalue weighted by Crippen LogP contribution is 2.24. The molecule has 0 saturated carbocycles. The standard InChI is InChI=1S/C18H22F3N3O2/c1-3-9-25-16(4-2)13-5-7-14(8-6-13)24-17-22-10-15(11-23-17)26-12-18(19,20)21/h5-8,10-11,16H,3-4,9,12H2,1-2H3,(H,22,23,24). The van der Waals surface area contributed by atoms with Crippen LogP contribution in [0, 0.1) is 0 Å². The molecule has 1 unspecified atom stereocenters. The first-order valence-electron chi connectivity index (χ1n) is 8.41. The minimum atomic E-state index is -4.39. The summed E-state index contributed by atoms with van der Waals surface area (Å²) in [7, 11) is 0. The first kappa shape index (κ1) is 20.0. The molecule has 0 amide bonds. The average Bonchev–Trinajstić information content (AvgIpc) is 2.62. The molecule has 2 aromatic rings. The number of hydrogen-bond acceptors (Lipinski definition) is 5. The molecule has 0 aliphatic carbocycles. The lowest BCUT2D eigenvalue weighted by atomic mass is 10.1. The zero-order valence-electron chi connectivity index (χ0n) is 14.7. The van der Waals surface area contributed by atoms with Crippen LogP contribution in [-0.2, 0) is 4.74 Å². The SMILES string of the molecule is CCCOC(CC)c1ccc(Nc2ncc(OCC(F)(F)F)cn2)cc1. The Balaban J connectivity index is 1.94. The fraction of sp³-hybridized carbons (Fsp3) is 0.444. The highest BCUT2D eigenvalue weighted by atomic mass is 19.4. The Morgan fingerprint density at radius 2 is 1.73 bits per heavy atom. The van der Waals surface area contributed by atoms with E-state index in [0.717, 1.165) is 30.7 Å². The van der Waals surface area contributed by atoms with E-state index in [1.807, 2.05) is 24.3 Å². The Bertz CT molecular complexity index is 661. The number of ether oxygens (including phenoxy) is 2. The summed E-state index contributed by atoms with van der Waals surface area (Å²) in [6, 6.07) is 7.69. The van der Waals surface area contributed by atoms with Crippen LogP contribution in [-0.4, -0.2) is 29.4 Å². The maximum absolute atomic E-state index is 12.1. The molecule has 1 N–H and O–H groups in total. The molecule has 0 aliphatic rings. The fourth-order valence-corrected chi connectivity index (χ4v) is 2.24. The molecular weight excluding hydrogens is 347 g/mol. The third-order valence-corrected chi connectivity index (χ3v) is 3.46. The van der Waals surface area contributed by atoms with Crippen molar-refractivity contribution >= 4 is 11.6 Å². The van der Waals surface area contributed by atoms with Gasteiger partial charge in [-0.3, -0.25) is 0 Å². The van der Waals surface area contributed by atoms with Gasteiger partial charge in [-0.1, -0.05) is 26.0 Å². The summed E-state index contributed by atoms with van der Waals surface area (Å²) in [5.74, 6) is 0.230. The van der Waals surface area contributed by atoms with Crippen LogP contribution in [0.1, 0.15) is 38.4 Å². The molecule has 5 nitrogen and oxygen atoms in total. The van der Waals surface area contributed by atoms with E-state index in [4.69, 9.17) is 4.74 Å². The molecule has 0 saturated heterocycles. The minimum absolute atomic E-state index is 0.0397. The molecule has 8 heteroatoms. The Hall–Kier alpha value is -2.35. The van der Waals surface area contributed by atoms with E-state index in [1.165, 1.54) is 12.4 Å². The summed E-state index contributed by atoms with van der Waals surface area (Å²) >= 11 is 0. The maximum atomic E-state index is 12.1. The van der Waals surface area contributed by atoms with Gasteiger partial charge in [0.25, 0.3) is 0 Å². The van der Waals surface area contributed by atoms with Crippen LogP contribution in [0.25, 0.3) is 0 Å². The van der Waals surface area contributed by atoms with E-state index in [9.17, 15) is 13.2 Å². The van der Waals surface area contributed by atoms with Gasteiger partial charge in [-0.15, -0.1) is 0 Å². The predicted molar refractivity (Wildman–Crippen MR) is 92.6 cm³/mol. The van der Waals surface area contributed by atoms with Crippen molar-refractivity contribution < 1.29 is 22.6 Å². The number of anilines is 2. The monoisotopic (exact) mass is 369 g/mol. The van der Waals surface area contributed by atoms with Crippen molar-refractivity contribution in [3.05, 3.63) is 42.2 Å². The number of nitrogens with zero attached hydrogens (tertiary/aromatic N) is 2. The van der Waals surface area contributed by atoms with Crippen LogP contribution in [0.3, 0.4) is 0 Å². The molecule has 0 radical (unpaired) electrons. The van der Waals surface area contributed by atoms with Gasteiger partial charge in [0.05, 0.1) is 18.5 Å². The second kappa shape index (κ2) is 9.38. The first-order chi connectivity index (χ1) is 12.4. The lowest BCUT2D eigenvalue weighted by Crippen LogP contribution is -2.19. The van der Waals surface area contributed by atoms with Crippen molar-refractivity contribution in [2.45, 2.75) is 39.0 Å². The molecule has 2 rings (SSSR count). The van der Waals surface area contributed by atoms with E-state index < -0.39 is 12.8 Å². The summed E-state index contributed by atoms with van der Waals surface area (Å²) in [5, 5.41) is 2.99. The van der Waals surface area contributed by atoms with Crippen molar-refractivity contribution in [1.82, 2.24) is 9.97 Å². The van der Waals surface area contributed by atoms with Gasteiger partial charge in [0.2, 0.25) is 5.95 Å². The number of benzene rings is 1. The fourth-order valence-electron chi connectivity index (χ4n) is 2.24. The molecule has 142 valence electrons. The zero-order chi connectivity index (χ0) is 19.0. The molecule has 0 aliphatic heterocycles. The maximum Gasteiger partial charge on any atom is 0.422 e. The number of halogens is 3. The number of alkyl halides is 3. The molecule has 1 aromatic carbocycles. The van der Waals surface area contributed by atoms with Crippen molar-refractivity contribution in [3.8, 4) is 5.75 Å². The van der Waals surface area contributed by atoms with Crippen LogP contribution in [0.2, 0.25) is 0 Å². The van der Waals surface area contributed by atoms with Crippen LogP contribution >= 0.6 is 0 Å². The molecule has 1 aromatic heterocycles. The molecule has 0 spiro atoms. The topological polar surface area (TPSA) is 56.3 Å². The summed E-state index contributed by atoms with van der Waals surface area (Å²) in [6.45, 7) is 3.49. The van der Waals surface area contributed by atoms with Crippen LogP contribution in [0.15, 0.2) is 36.7 Å². The largest absolute Gasteiger partial charge is 0.481 e. The van der Waals surface area contributed by atoms with Gasteiger partial charge < -0.3 is 14.8 Å². The van der Waals surface area contributed by atoms with Gasteiger partial charge in [-0.2, -0.15) is 13.2 Å². The highest BCUT2D eigenvalue weighted by molar-refractivity contribution is 5.53. The highest BCUT2D eigenvalue weighted by Gasteiger charge is 2.28. The molecule has 26 heavy (non-hydrogen) atoms. The van der Waals surface area contributed by atoms with Gasteiger partial charge in [-0.05, 0) is 30.5 Å². The minimum Gasteiger partial charge on any atom is -0.481 e. The van der Waals surface area contributed by atoms with Gasteiger partial charge in [0, 0.05) is 12.3 Å². The van der Waals surface area contributed by atoms with E-state index in [1.54, 1.807) is 0 Å². The van der Waals surface area contributed by atoms with E-state index in [2.05, 4.69) is 33.9 Å². The lowest BCUT2D eigenvalue weighted by Gasteiger charge is -2.16. The molecule has 1 atom stereocenters. The molecule has 1 heterocycles. The molecule has 0 fully saturated rings. The third kappa shape index (κ3) is 6.51. The Kier molecular flexibility index (Phi) is 7.20. The van der Waals surface area contributed by atoms with E-state index in [-0.39, 0.29) is 17.8 Å². The van der Waals surface area contributed by atoms with E-state index >= 15 is 0 Å². The number of hydrogen-bond donors (Lipinski definition) is 1. The van der Waals surface area contributed by atoms with Crippen molar-refractivity contribution in [3.63, 3.8) is 0 Å². The van der Waals surface area contributed by atoms with Gasteiger partial charge in [0.15, 0.2) is 12.4 Å². The first-order valence-corrected chi connectivity index (χ1v) is 8.41. The Labute approximate surface area is 150 Å². The molecular formula is C18H22F3N3O2. The van der Waals surface area contributed by atoms with Crippen LogP contribution in [0.4, 0.5) is 24.8 Å². The van der Waals surface area contributed by atoms with Gasteiger partial charge in [-0.25, -0.2) is 9.97 Å². The number of nitrogens with one attached hydrogen (secondary N) is 1. The van der Waals surface area contributed by atoms with E-state index in [0.29, 0.717) is 0 Å². The number of rotatable bonds is 9. The average molecular weight is 369 g/mol. The lowest BCUT2D eigenvalue weighted by molar-refractivity contribution is -0.153. The summed E-state index contributed by atoms with van der Waals surface area (Å²) in [5.41, 5.74) is 1.85. The zero-order valence-corrected chi connectivity index (χ0v) is 14.7. The van der Waals surface area contributed by atoms with Gasteiger partial charge >= 0.3 is 6.18 Å². The summed E-state index contributed by atoms with van der Waals surface area (Å²) in [4.78, 5) is 7.90. The summed E-state index contributed by atoms with van der Waals surface area (Å²) in [6.07, 6.45) is -0.0887. The Morgan fingerprint density at radius 1 is 1.08 bits per heavy atom. The normalized spacial score (nSPS) is 12.7. The Morgan fingerprint density at radius 3 is 2.27 bits per heavy atom. The second-order valence-corrected chi connectivity index (χ2v) is 5.66. The van der Waals surface area contributed by atoms with Crippen molar-refractivity contribution in [2.24, 2.45) is 0 Å². The number of aromatic nitrogens is 2. The predicted octanol–water partition coefficient (Wildman–Crippen LogP) is 5.04. The van der Waals surface area contributed by atoms with Crippen LogP contribution < -0.4 is 10.1 Å². The second-order valence-electron chi connectivity index (χ2n) is 5.66. The quantitative estimate of drug-likeness (QED) is 0.671. The summed E-state index contributed by atoms with van der Waals surface area (Å²) < 4.78 is 46.7. The third-order valence-electron chi connectivity index (χ3n) is 3.46. The van der Waals surface area contributed by atoms with Gasteiger partial charge in [0.1, 0.15) is 0 Å².